The Hall–Kier alpha value is -2.42. The van der Waals surface area contributed by atoms with E-state index in [-0.39, 0.29) is 25.7 Å². The molecule has 1 atom stereocenters. The average Bonchev–Trinajstić information content (AvgIpc) is 3.58. The summed E-state index contributed by atoms with van der Waals surface area (Å²) in [6, 6.07) is 8.01. The molecule has 2 rings (SSSR count). The van der Waals surface area contributed by atoms with Crippen molar-refractivity contribution >= 4 is 25.3 Å². The molecule has 1 saturated carbocycles. The van der Waals surface area contributed by atoms with Gasteiger partial charge in [0.2, 0.25) is 5.91 Å². The summed E-state index contributed by atoms with van der Waals surface area (Å²) < 4.78 is 29.1. The molecular formula is C25H40N3O7P. The number of carbonyl (C=O) groups excluding carboxylic acids is 2. The second-order valence-electron chi connectivity index (χ2n) is 9.60. The van der Waals surface area contributed by atoms with E-state index in [1.54, 1.807) is 27.7 Å². The van der Waals surface area contributed by atoms with Gasteiger partial charge in [0.05, 0.1) is 19.6 Å². The van der Waals surface area contributed by atoms with Gasteiger partial charge in [-0.15, -0.1) is 0 Å². The van der Waals surface area contributed by atoms with Crippen LogP contribution in [0.15, 0.2) is 29.4 Å². The molecule has 36 heavy (non-hydrogen) atoms. The number of amidine groups is 1. The van der Waals surface area contributed by atoms with E-state index in [1.807, 2.05) is 12.1 Å². The molecule has 0 spiro atoms. The Bertz CT molecular complexity index is 964. The quantitative estimate of drug-likeness (QED) is 0.108. The number of rotatable bonds is 16. The van der Waals surface area contributed by atoms with Gasteiger partial charge < -0.3 is 30.1 Å². The fourth-order valence-electron chi connectivity index (χ4n) is 4.08. The number of primary amides is 1. The number of hydrogen-bond donors (Lipinski definition) is 2. The van der Waals surface area contributed by atoms with Crippen molar-refractivity contribution < 1.29 is 32.8 Å². The van der Waals surface area contributed by atoms with Crippen LogP contribution in [0.3, 0.4) is 0 Å². The molecule has 1 aliphatic carbocycles. The highest BCUT2D eigenvalue weighted by molar-refractivity contribution is 7.55. The van der Waals surface area contributed by atoms with E-state index in [1.165, 1.54) is 24.8 Å². The van der Waals surface area contributed by atoms with Gasteiger partial charge in [0.1, 0.15) is 5.60 Å². The Morgan fingerprint density at radius 3 is 2.14 bits per heavy atom. The first-order valence-electron chi connectivity index (χ1n) is 12.4. The minimum Gasteiger partial charge on any atom is -0.455 e. The van der Waals surface area contributed by atoms with Crippen LogP contribution in [0, 0.1) is 0 Å². The van der Waals surface area contributed by atoms with E-state index in [0.717, 1.165) is 12.0 Å². The van der Waals surface area contributed by atoms with Gasteiger partial charge in [0, 0.05) is 5.56 Å². The first-order chi connectivity index (χ1) is 16.9. The molecule has 10 nitrogen and oxygen atoms in total. The third-order valence-electron chi connectivity index (χ3n) is 5.99. The predicted octanol–water partition coefficient (Wildman–Crippen LogP) is 3.99. The summed E-state index contributed by atoms with van der Waals surface area (Å²) in [5.74, 6) is -1.59. The van der Waals surface area contributed by atoms with Gasteiger partial charge in [-0.1, -0.05) is 42.8 Å². The molecule has 0 heterocycles. The van der Waals surface area contributed by atoms with Crippen LogP contribution < -0.4 is 11.5 Å². The molecule has 1 unspecified atom stereocenters. The van der Waals surface area contributed by atoms with E-state index in [4.69, 9.17) is 30.1 Å². The smallest absolute Gasteiger partial charge is 0.345 e. The second kappa shape index (κ2) is 12.7. The molecule has 4 N–H and O–H groups in total. The summed E-state index contributed by atoms with van der Waals surface area (Å²) >= 11 is 0. The van der Waals surface area contributed by atoms with Crippen LogP contribution in [0.25, 0.3) is 0 Å². The lowest BCUT2D eigenvalue weighted by molar-refractivity contribution is -0.162. The van der Waals surface area contributed by atoms with Crippen molar-refractivity contribution in [2.24, 2.45) is 16.6 Å². The summed E-state index contributed by atoms with van der Waals surface area (Å²) in [6.45, 7) is 8.45. The van der Waals surface area contributed by atoms with Crippen molar-refractivity contribution in [3.8, 4) is 0 Å². The second-order valence-corrected chi connectivity index (χ2v) is 11.8. The molecule has 1 fully saturated rings. The lowest BCUT2D eigenvalue weighted by Crippen LogP contribution is -2.39. The van der Waals surface area contributed by atoms with Crippen molar-refractivity contribution in [2.75, 3.05) is 19.8 Å². The fourth-order valence-corrected chi connectivity index (χ4v) is 5.95. The van der Waals surface area contributed by atoms with Crippen LogP contribution in [0.2, 0.25) is 0 Å². The fraction of sp³-hybridized carbons (Fsp3) is 0.640. The van der Waals surface area contributed by atoms with Crippen LogP contribution in [-0.4, -0.2) is 48.8 Å². The number of ether oxygens (including phenoxy) is 1. The third-order valence-corrected chi connectivity index (χ3v) is 8.39. The standard InChI is InChI=1S/C25H40N3O7P/c1-6-13-25(14-15-25)19-11-9-18(10-12-19)22(27)28-32-17-24(4,5)35-23(30)20(16-21(26)29)36(31,33-7-2)34-8-3/h9-12,20H,6-8,13-17H2,1-5H3,(H2,26,29)(H2,27,28). The van der Waals surface area contributed by atoms with Crippen molar-refractivity contribution in [3.05, 3.63) is 35.4 Å². The number of esters is 1. The highest BCUT2D eigenvalue weighted by Crippen LogP contribution is 2.55. The van der Waals surface area contributed by atoms with Crippen LogP contribution >= 0.6 is 7.60 Å². The van der Waals surface area contributed by atoms with Crippen LogP contribution in [-0.2, 0) is 38.2 Å². The monoisotopic (exact) mass is 525 g/mol. The number of hydrogen-bond acceptors (Lipinski definition) is 8. The molecule has 202 valence electrons. The summed E-state index contributed by atoms with van der Waals surface area (Å²) in [7, 11) is -3.99. The van der Waals surface area contributed by atoms with E-state index in [0.29, 0.717) is 5.41 Å². The number of nitrogens with two attached hydrogens (primary N) is 2. The van der Waals surface area contributed by atoms with E-state index in [2.05, 4.69) is 24.2 Å². The van der Waals surface area contributed by atoms with Crippen LogP contribution in [0.4, 0.5) is 0 Å². The average molecular weight is 526 g/mol. The minimum atomic E-state index is -3.99. The summed E-state index contributed by atoms with van der Waals surface area (Å²) in [4.78, 5) is 29.8. The minimum absolute atomic E-state index is 0.0148. The van der Waals surface area contributed by atoms with Gasteiger partial charge >= 0.3 is 13.6 Å². The number of amides is 1. The molecular weight excluding hydrogens is 485 g/mol. The summed E-state index contributed by atoms with van der Waals surface area (Å²) in [5, 5.41) is 3.96. The third kappa shape index (κ3) is 8.05. The first-order valence-corrected chi connectivity index (χ1v) is 14.0. The number of benzene rings is 1. The zero-order chi connectivity index (χ0) is 27.0. The number of carbonyl (C=O) groups is 2. The zero-order valence-corrected chi connectivity index (χ0v) is 22.8. The maximum absolute atomic E-state index is 13.1. The van der Waals surface area contributed by atoms with E-state index >= 15 is 0 Å². The van der Waals surface area contributed by atoms with E-state index < -0.39 is 37.2 Å². The van der Waals surface area contributed by atoms with E-state index in [9.17, 15) is 14.2 Å². The number of oxime groups is 1. The highest BCUT2D eigenvalue weighted by atomic mass is 31.2. The Kier molecular flexibility index (Phi) is 10.5. The van der Waals surface area contributed by atoms with Crippen molar-refractivity contribution in [2.45, 2.75) is 83.4 Å². The molecule has 0 radical (unpaired) electrons. The molecule has 0 saturated heterocycles. The summed E-state index contributed by atoms with van der Waals surface area (Å²) in [6.07, 6.45) is 4.21. The van der Waals surface area contributed by atoms with Gasteiger partial charge in [-0.2, -0.15) is 0 Å². The molecule has 0 bridgehead atoms. The molecule has 11 heteroatoms. The Morgan fingerprint density at radius 2 is 1.67 bits per heavy atom. The molecule has 0 aliphatic heterocycles. The maximum Gasteiger partial charge on any atom is 0.345 e. The first kappa shape index (κ1) is 29.8. The van der Waals surface area contributed by atoms with Gasteiger partial charge in [-0.05, 0) is 57.9 Å². The van der Waals surface area contributed by atoms with Crippen molar-refractivity contribution in [3.63, 3.8) is 0 Å². The van der Waals surface area contributed by atoms with Gasteiger partial charge in [0.25, 0.3) is 0 Å². The lowest BCUT2D eigenvalue weighted by atomic mass is 9.90. The molecule has 1 aromatic carbocycles. The van der Waals surface area contributed by atoms with Crippen molar-refractivity contribution in [1.82, 2.24) is 0 Å². The normalized spacial score (nSPS) is 16.3. The van der Waals surface area contributed by atoms with Crippen LogP contribution in [0.5, 0.6) is 0 Å². The van der Waals surface area contributed by atoms with Gasteiger partial charge in [0.15, 0.2) is 18.1 Å². The van der Waals surface area contributed by atoms with Crippen molar-refractivity contribution in [1.29, 1.82) is 0 Å². The SMILES string of the molecule is CCCC1(c2ccc(C(N)=NOCC(C)(C)OC(=O)C(CC(N)=O)P(=O)(OCC)OCC)cc2)CC1. The largest absolute Gasteiger partial charge is 0.455 e. The highest BCUT2D eigenvalue weighted by Gasteiger charge is 2.45. The molecule has 1 amide bonds. The topological polar surface area (TPSA) is 153 Å². The van der Waals surface area contributed by atoms with Gasteiger partial charge in [-0.3, -0.25) is 14.2 Å². The van der Waals surface area contributed by atoms with Gasteiger partial charge in [-0.25, -0.2) is 0 Å². The Morgan fingerprint density at radius 1 is 1.08 bits per heavy atom. The zero-order valence-electron chi connectivity index (χ0n) is 22.0. The lowest BCUT2D eigenvalue weighted by Gasteiger charge is -2.29. The Labute approximate surface area is 213 Å². The molecule has 0 aromatic heterocycles. The maximum atomic E-state index is 13.1. The summed E-state index contributed by atoms with van der Waals surface area (Å²) in [5.41, 5.74) is 11.0. The van der Waals surface area contributed by atoms with Crippen LogP contribution in [0.1, 0.15) is 77.8 Å². The molecule has 1 aliphatic rings. The number of nitrogens with zero attached hydrogens (tertiary/aromatic N) is 1. The Balaban J connectivity index is 2.03. The molecule has 1 aromatic rings. The predicted molar refractivity (Wildman–Crippen MR) is 138 cm³/mol.